The second kappa shape index (κ2) is 13.8. The van der Waals surface area contributed by atoms with Crippen LogP contribution < -0.4 is 43.8 Å². The van der Waals surface area contributed by atoms with Gasteiger partial charge in [-0.3, -0.25) is 4.72 Å². The molecule has 1 N–H and O–H groups in total. The molecule has 4 aromatic rings. The van der Waals surface area contributed by atoms with Gasteiger partial charge >= 0.3 is 35.6 Å². The molecule has 0 radical (unpaired) electrons. The molecule has 2 heterocycles. The van der Waals surface area contributed by atoms with Crippen LogP contribution in [-0.2, 0) is 15.4 Å². The van der Waals surface area contributed by atoms with E-state index < -0.39 is 10.0 Å². The fourth-order valence-electron chi connectivity index (χ4n) is 3.61. The summed E-state index contributed by atoms with van der Waals surface area (Å²) in [7, 11) is -3.94. The number of hydrogen-bond acceptors (Lipinski definition) is 9. The number of ether oxygens (including phenoxy) is 2. The molecule has 0 aliphatic rings. The normalized spacial score (nSPS) is 11.4. The van der Waals surface area contributed by atoms with Crippen molar-refractivity contribution >= 4 is 27.6 Å². The van der Waals surface area contributed by atoms with E-state index in [9.17, 15) is 8.42 Å². The maximum atomic E-state index is 13.3. The summed E-state index contributed by atoms with van der Waals surface area (Å²) in [5, 5.41) is 0. The number of nitrogens with one attached hydrogen (secondary N) is 1. The summed E-state index contributed by atoms with van der Waals surface area (Å²) in [6, 6.07) is 14.7. The first-order valence-corrected chi connectivity index (χ1v) is 14.9. The summed E-state index contributed by atoms with van der Waals surface area (Å²) >= 11 is 1.54. The van der Waals surface area contributed by atoms with Gasteiger partial charge in [-0.15, -0.1) is 11.8 Å². The van der Waals surface area contributed by atoms with Gasteiger partial charge in [0.1, 0.15) is 19.5 Å². The van der Waals surface area contributed by atoms with E-state index in [1.165, 1.54) is 6.33 Å². The fourth-order valence-corrected chi connectivity index (χ4v) is 4.95. The second-order valence-electron chi connectivity index (χ2n) is 9.75. The largest absolute Gasteiger partial charge is 1.00 e. The molecule has 40 heavy (non-hydrogen) atoms. The predicted octanol–water partition coefficient (Wildman–Crippen LogP) is 2.64. The number of sulfonamides is 1. The summed E-state index contributed by atoms with van der Waals surface area (Å²) in [5.74, 6) is 0.331. The molecule has 2 aromatic carbocycles. The Morgan fingerprint density at radius 3 is 2.12 bits per heavy atom. The van der Waals surface area contributed by atoms with Gasteiger partial charge < -0.3 is 10.9 Å². The van der Waals surface area contributed by atoms with Crippen molar-refractivity contribution in [2.45, 2.75) is 42.9 Å². The Labute approximate surface area is 263 Å². The van der Waals surface area contributed by atoms with E-state index in [2.05, 4.69) is 45.4 Å². The van der Waals surface area contributed by atoms with E-state index >= 15 is 0 Å². The molecular weight excluding hydrogens is 557 g/mol. The summed E-state index contributed by atoms with van der Waals surface area (Å²) < 4.78 is 40.8. The third-order valence-electron chi connectivity index (χ3n) is 5.81. The fraction of sp³-hybridized carbons (Fsp3) is 0.286. The van der Waals surface area contributed by atoms with Crippen molar-refractivity contribution in [3.63, 3.8) is 0 Å². The molecule has 0 aliphatic heterocycles. The summed E-state index contributed by atoms with van der Waals surface area (Å²) in [4.78, 5) is 17.9. The van der Waals surface area contributed by atoms with Crippen molar-refractivity contribution in [3.8, 4) is 23.0 Å². The molecule has 0 fully saturated rings. The van der Waals surface area contributed by atoms with Crippen LogP contribution in [0, 0.1) is 6.92 Å². The monoisotopic (exact) mass is 589 g/mol. The zero-order valence-corrected chi connectivity index (χ0v) is 27.1. The third kappa shape index (κ3) is 8.17. The van der Waals surface area contributed by atoms with Gasteiger partial charge in [0.25, 0.3) is 10.0 Å². The van der Waals surface area contributed by atoms with Gasteiger partial charge in [-0.05, 0) is 41.9 Å². The van der Waals surface area contributed by atoms with Crippen LogP contribution in [0.4, 0.5) is 5.82 Å². The first-order chi connectivity index (χ1) is 18.6. The first-order valence-electron chi connectivity index (χ1n) is 12.2. The van der Waals surface area contributed by atoms with Crippen molar-refractivity contribution < 1.29 is 48.9 Å². The van der Waals surface area contributed by atoms with Gasteiger partial charge in [0.15, 0.2) is 5.82 Å². The van der Waals surface area contributed by atoms with Crippen LogP contribution in [0.25, 0.3) is 11.1 Å². The number of hydrogen-bond donors (Lipinski definition) is 1. The van der Waals surface area contributed by atoms with Crippen LogP contribution in [0.3, 0.4) is 0 Å². The van der Waals surface area contributed by atoms with Crippen molar-refractivity contribution in [1.82, 2.24) is 19.9 Å². The number of anilines is 1. The zero-order valence-electron chi connectivity index (χ0n) is 24.5. The molecule has 0 saturated heterocycles. The molecule has 9 nitrogen and oxygen atoms in total. The molecule has 0 spiro atoms. The minimum Gasteiger partial charge on any atom is -1.00 e. The molecule has 12 heteroatoms. The smallest absolute Gasteiger partial charge is 1.00 e. The SMILES string of the molecule is CSc1cnc(OCCOc2ncnc(NS(=O)(=O)c3ccc(C(C)(C)C)cc3)c2-c2ccc(C)cc2)nc1.[H-].[Na+]. The summed E-state index contributed by atoms with van der Waals surface area (Å²) in [6.45, 7) is 8.48. The average Bonchev–Trinajstić information content (AvgIpc) is 2.91. The molecule has 0 aliphatic carbocycles. The van der Waals surface area contributed by atoms with Crippen LogP contribution in [0.15, 0.2) is 77.0 Å². The third-order valence-corrected chi connectivity index (χ3v) is 7.84. The molecular formula is C28H32N5NaO4S2. The van der Waals surface area contributed by atoms with E-state index in [1.54, 1.807) is 36.3 Å². The van der Waals surface area contributed by atoms with E-state index in [-0.39, 0.29) is 72.2 Å². The van der Waals surface area contributed by atoms with Gasteiger partial charge in [-0.2, -0.15) is 0 Å². The Kier molecular flexibility index (Phi) is 11.0. The van der Waals surface area contributed by atoms with Crippen LogP contribution in [0.2, 0.25) is 0 Å². The molecule has 0 bridgehead atoms. The predicted molar refractivity (Wildman–Crippen MR) is 154 cm³/mol. The minimum atomic E-state index is -3.94. The number of benzene rings is 2. The van der Waals surface area contributed by atoms with Crippen molar-refractivity contribution in [3.05, 3.63) is 78.4 Å². The minimum absolute atomic E-state index is 0. The maximum Gasteiger partial charge on any atom is 1.00 e. The summed E-state index contributed by atoms with van der Waals surface area (Å²) in [5.41, 5.74) is 3.12. The van der Waals surface area contributed by atoms with Crippen LogP contribution >= 0.6 is 11.8 Å². The molecule has 0 atom stereocenters. The first kappa shape index (κ1) is 31.8. The maximum absolute atomic E-state index is 13.3. The van der Waals surface area contributed by atoms with Crippen molar-refractivity contribution in [1.29, 1.82) is 0 Å². The number of rotatable bonds is 10. The van der Waals surface area contributed by atoms with Crippen molar-refractivity contribution in [2.75, 3.05) is 24.2 Å². The standard InChI is InChI=1S/C28H31N5O4S2.Na.H/c1-19-6-8-20(9-7-19)24-25(33-39(34,35)23-12-10-21(11-13-23)28(2,3)4)31-18-32-26(24)36-14-15-37-27-29-16-22(38-5)17-30-27;;/h6-13,16-18H,14-15H2,1-5H3,(H,31,32,33);;/q;+1;-1. The van der Waals surface area contributed by atoms with Gasteiger partial charge in [0.05, 0.1) is 10.5 Å². The second-order valence-corrected chi connectivity index (χ2v) is 12.3. The molecule has 0 unspecified atom stereocenters. The number of aromatic nitrogens is 4. The molecule has 4 rings (SSSR count). The Hall–Kier alpha value is -2.70. The Bertz CT molecular complexity index is 1520. The number of thioether (sulfide) groups is 1. The van der Waals surface area contributed by atoms with Crippen LogP contribution in [-0.4, -0.2) is 47.8 Å². The van der Waals surface area contributed by atoms with Gasteiger partial charge in [-0.25, -0.2) is 28.4 Å². The Morgan fingerprint density at radius 2 is 1.52 bits per heavy atom. The molecule has 0 amide bonds. The zero-order chi connectivity index (χ0) is 28.0. The van der Waals surface area contributed by atoms with Crippen LogP contribution in [0.1, 0.15) is 33.3 Å². The Balaban J connectivity index is 0.00000294. The average molecular weight is 590 g/mol. The van der Waals surface area contributed by atoms with Crippen LogP contribution in [0.5, 0.6) is 11.9 Å². The van der Waals surface area contributed by atoms with E-state index in [1.807, 2.05) is 49.6 Å². The topological polar surface area (TPSA) is 116 Å². The number of nitrogens with zero attached hydrogens (tertiary/aromatic N) is 4. The van der Waals surface area contributed by atoms with E-state index in [4.69, 9.17) is 9.47 Å². The molecule has 2 aromatic heterocycles. The number of aryl methyl sites for hydroxylation is 1. The molecule has 206 valence electrons. The Morgan fingerprint density at radius 1 is 0.900 bits per heavy atom. The molecule has 0 saturated carbocycles. The van der Waals surface area contributed by atoms with Crippen molar-refractivity contribution in [2.24, 2.45) is 0 Å². The van der Waals surface area contributed by atoms with E-state index in [0.29, 0.717) is 11.1 Å². The van der Waals surface area contributed by atoms with E-state index in [0.717, 1.165) is 16.0 Å². The summed E-state index contributed by atoms with van der Waals surface area (Å²) in [6.07, 6.45) is 6.57. The van der Waals surface area contributed by atoms with Gasteiger partial charge in [0, 0.05) is 17.3 Å². The quantitative estimate of drug-likeness (QED) is 0.169. The van der Waals surface area contributed by atoms with Gasteiger partial charge in [0.2, 0.25) is 5.88 Å². The van der Waals surface area contributed by atoms with Gasteiger partial charge in [-0.1, -0.05) is 62.7 Å².